The number of nitrogens with zero attached hydrogens (tertiary/aromatic N) is 5. The number of carbonyl (C=O) groups is 1. The van der Waals surface area contributed by atoms with E-state index in [1.54, 1.807) is 4.90 Å². The average molecular weight is 563 g/mol. The Morgan fingerprint density at radius 1 is 1.14 bits per heavy atom. The average Bonchev–Trinajstić information content (AvgIpc) is 3.29. The summed E-state index contributed by atoms with van der Waals surface area (Å²) in [6.07, 6.45) is 4.44. The van der Waals surface area contributed by atoms with Crippen molar-refractivity contribution in [1.82, 2.24) is 24.3 Å². The normalized spacial score (nSPS) is 19.1. The molecule has 9 heteroatoms. The fraction of sp³-hybridized carbons (Fsp3) is 0.303. The summed E-state index contributed by atoms with van der Waals surface area (Å²) in [6, 6.07) is 17.7. The zero-order valence-electron chi connectivity index (χ0n) is 23.6. The van der Waals surface area contributed by atoms with Gasteiger partial charge in [0.2, 0.25) is 5.91 Å². The number of aliphatic hydroxyl groups excluding tert-OH is 1. The van der Waals surface area contributed by atoms with E-state index in [0.717, 1.165) is 65.3 Å². The van der Waals surface area contributed by atoms with Gasteiger partial charge in [0.25, 0.3) is 0 Å². The van der Waals surface area contributed by atoms with Gasteiger partial charge in [0.1, 0.15) is 35.0 Å². The highest BCUT2D eigenvalue weighted by atomic mass is 16.5. The molecule has 2 saturated heterocycles. The zero-order chi connectivity index (χ0) is 29.2. The summed E-state index contributed by atoms with van der Waals surface area (Å²) >= 11 is 0. The van der Waals surface area contributed by atoms with E-state index in [1.165, 1.54) is 12.4 Å². The van der Waals surface area contributed by atoms with E-state index in [0.29, 0.717) is 18.4 Å². The van der Waals surface area contributed by atoms with Crippen molar-refractivity contribution in [3.63, 3.8) is 0 Å². The number of fused-ring (bicyclic) bond motifs is 1. The van der Waals surface area contributed by atoms with Gasteiger partial charge >= 0.3 is 0 Å². The molecule has 0 radical (unpaired) electrons. The second-order valence-corrected chi connectivity index (χ2v) is 10.9. The highest BCUT2D eigenvalue weighted by Crippen LogP contribution is 2.37. The van der Waals surface area contributed by atoms with Gasteiger partial charge in [0, 0.05) is 44.2 Å². The molecule has 2 aliphatic heterocycles. The molecule has 214 valence electrons. The zero-order valence-corrected chi connectivity index (χ0v) is 23.6. The monoisotopic (exact) mass is 562 g/mol. The maximum atomic E-state index is 12.1. The van der Waals surface area contributed by atoms with E-state index in [4.69, 9.17) is 10.5 Å². The lowest BCUT2D eigenvalue weighted by Crippen LogP contribution is -2.58. The minimum absolute atomic E-state index is 0.0393. The minimum atomic E-state index is -0.172. The highest BCUT2D eigenvalue weighted by Gasteiger charge is 2.37. The van der Waals surface area contributed by atoms with Crippen LogP contribution in [-0.4, -0.2) is 73.7 Å². The maximum Gasteiger partial charge on any atom is 0.246 e. The molecule has 2 aliphatic rings. The van der Waals surface area contributed by atoms with Crippen molar-refractivity contribution >= 4 is 22.8 Å². The molecule has 0 saturated carbocycles. The van der Waals surface area contributed by atoms with Crippen LogP contribution in [0.25, 0.3) is 22.2 Å². The Bertz CT molecular complexity index is 1670. The molecule has 6 rings (SSSR count). The number of carbonyl (C=O) groups excluding carboxylic acids is 1. The number of aryl methyl sites for hydroxylation is 1. The maximum absolute atomic E-state index is 12.1. The molecule has 1 amide bonds. The molecule has 0 bridgehead atoms. The van der Waals surface area contributed by atoms with Crippen LogP contribution in [0, 0.1) is 17.8 Å². The number of aliphatic hydroxyl groups is 1. The predicted molar refractivity (Wildman–Crippen MR) is 163 cm³/mol. The summed E-state index contributed by atoms with van der Waals surface area (Å²) in [5, 5.41) is 10.7. The molecule has 2 aromatic carbocycles. The van der Waals surface area contributed by atoms with Gasteiger partial charge < -0.3 is 25.0 Å². The third-order valence-corrected chi connectivity index (χ3v) is 8.30. The molecule has 2 aromatic heterocycles. The number of benzene rings is 2. The first-order valence-corrected chi connectivity index (χ1v) is 14.2. The topological polar surface area (TPSA) is 110 Å². The number of nitrogens with two attached hydrogens (primary N) is 1. The Balaban J connectivity index is 1.22. The number of piperidine rings is 1. The van der Waals surface area contributed by atoms with Crippen molar-refractivity contribution in [1.29, 1.82) is 0 Å². The summed E-state index contributed by atoms with van der Waals surface area (Å²) in [5.74, 6) is 8.97. The smallest absolute Gasteiger partial charge is 0.246 e. The van der Waals surface area contributed by atoms with Gasteiger partial charge in [-0.3, -0.25) is 9.69 Å². The summed E-state index contributed by atoms with van der Waals surface area (Å²) < 4.78 is 7.97. The van der Waals surface area contributed by atoms with Crippen molar-refractivity contribution in [2.75, 3.05) is 32.0 Å². The van der Waals surface area contributed by atoms with E-state index in [9.17, 15) is 9.90 Å². The molecule has 4 heterocycles. The van der Waals surface area contributed by atoms with E-state index in [-0.39, 0.29) is 24.5 Å². The van der Waals surface area contributed by atoms with Crippen LogP contribution in [0.4, 0.5) is 5.82 Å². The number of likely N-dealkylation sites (tertiary alicyclic amines) is 2. The van der Waals surface area contributed by atoms with Crippen LogP contribution in [0.1, 0.15) is 18.5 Å². The molecule has 0 spiro atoms. The van der Waals surface area contributed by atoms with Crippen LogP contribution in [0.15, 0.2) is 73.6 Å². The predicted octanol–water partition coefficient (Wildman–Crippen LogP) is 3.83. The number of para-hydroxylation sites is 1. The Hall–Kier alpha value is -4.65. The fourth-order valence-electron chi connectivity index (χ4n) is 6.03. The highest BCUT2D eigenvalue weighted by molar-refractivity contribution is 6.03. The van der Waals surface area contributed by atoms with E-state index in [2.05, 4.69) is 33.3 Å². The first-order chi connectivity index (χ1) is 20.5. The molecule has 2 atom stereocenters. The lowest BCUT2D eigenvalue weighted by molar-refractivity contribution is -0.132. The van der Waals surface area contributed by atoms with Gasteiger partial charge in [-0.25, -0.2) is 9.97 Å². The van der Waals surface area contributed by atoms with Crippen molar-refractivity contribution < 1.29 is 14.6 Å². The molecule has 4 aromatic rings. The number of aromatic nitrogens is 3. The van der Waals surface area contributed by atoms with Gasteiger partial charge in [-0.15, -0.1) is 0 Å². The van der Waals surface area contributed by atoms with Gasteiger partial charge in [-0.2, -0.15) is 0 Å². The molecule has 42 heavy (non-hydrogen) atoms. The minimum Gasteiger partial charge on any atom is -0.457 e. The first-order valence-electron chi connectivity index (χ1n) is 14.2. The molecule has 2 fully saturated rings. The lowest BCUT2D eigenvalue weighted by Gasteiger charge is -2.48. The van der Waals surface area contributed by atoms with Crippen LogP contribution in [-0.2, 0) is 11.8 Å². The number of hydrogen-bond acceptors (Lipinski definition) is 7. The molecule has 3 N–H and O–H groups in total. The number of nitrogen functional groups attached to an aromatic ring is 1. The van der Waals surface area contributed by atoms with Crippen molar-refractivity contribution in [3.8, 4) is 34.5 Å². The second-order valence-electron chi connectivity index (χ2n) is 10.9. The molecular formula is C33H34N6O3. The van der Waals surface area contributed by atoms with Crippen LogP contribution < -0.4 is 10.5 Å². The van der Waals surface area contributed by atoms with Crippen molar-refractivity contribution in [2.24, 2.45) is 13.0 Å². The number of ether oxygens (including phenoxy) is 1. The molecule has 1 unspecified atom stereocenters. The Morgan fingerprint density at radius 2 is 1.88 bits per heavy atom. The number of rotatable bonds is 6. The Labute approximate surface area is 245 Å². The number of anilines is 1. The standard InChI is InChI=1S/C33H34N6O3/c1-3-29(41)39-16-15-24(17-25(39)20-40)38-18-22(19-38)9-14-28-30(31-32(34)35-21-36-33(31)37(28)2)23-10-12-27(13-11-23)42-26-7-5-4-6-8-26/h3-8,10-13,21-22,24-25,40H,1,15-20H2,2H3,(H2,34,35,36)/t24?,25-/m1/s1. The van der Waals surface area contributed by atoms with Gasteiger partial charge in [0.05, 0.1) is 18.0 Å². The van der Waals surface area contributed by atoms with Crippen molar-refractivity contribution in [3.05, 3.63) is 79.3 Å². The number of amides is 1. The second kappa shape index (κ2) is 11.7. The summed E-state index contributed by atoms with van der Waals surface area (Å²) in [5.41, 5.74) is 9.81. The van der Waals surface area contributed by atoms with Crippen molar-refractivity contribution in [2.45, 2.75) is 24.9 Å². The van der Waals surface area contributed by atoms with Crippen LogP contribution in [0.2, 0.25) is 0 Å². The summed E-state index contributed by atoms with van der Waals surface area (Å²) in [6.45, 7) is 5.90. The molecule has 0 aliphatic carbocycles. The first kappa shape index (κ1) is 27.5. The molecular weight excluding hydrogens is 528 g/mol. The van der Waals surface area contributed by atoms with Crippen LogP contribution in [0.5, 0.6) is 11.5 Å². The lowest BCUT2D eigenvalue weighted by atomic mass is 9.90. The number of hydrogen-bond donors (Lipinski definition) is 2. The van der Waals surface area contributed by atoms with E-state index >= 15 is 0 Å². The fourth-order valence-corrected chi connectivity index (χ4v) is 6.03. The quantitative estimate of drug-likeness (QED) is 0.272. The third-order valence-electron chi connectivity index (χ3n) is 8.30. The van der Waals surface area contributed by atoms with E-state index < -0.39 is 0 Å². The van der Waals surface area contributed by atoms with Gasteiger partial charge in [-0.05, 0) is 54.7 Å². The Kier molecular flexibility index (Phi) is 7.66. The third kappa shape index (κ3) is 5.22. The Morgan fingerprint density at radius 3 is 2.60 bits per heavy atom. The van der Waals surface area contributed by atoms with Gasteiger partial charge in [-0.1, -0.05) is 42.8 Å². The van der Waals surface area contributed by atoms with Crippen LogP contribution in [0.3, 0.4) is 0 Å². The molecule has 9 nitrogen and oxygen atoms in total. The summed E-state index contributed by atoms with van der Waals surface area (Å²) in [7, 11) is 1.95. The van der Waals surface area contributed by atoms with E-state index in [1.807, 2.05) is 66.2 Å². The van der Waals surface area contributed by atoms with Crippen LogP contribution >= 0.6 is 0 Å². The SMILES string of the molecule is C=CC(=O)N1CCC(N2CC(C#Cc3c(-c4ccc(Oc5ccccc5)cc4)c4c(N)ncnc4n3C)C2)C[C@@H]1CO. The van der Waals surface area contributed by atoms with Gasteiger partial charge in [0.15, 0.2) is 0 Å². The largest absolute Gasteiger partial charge is 0.457 e. The summed E-state index contributed by atoms with van der Waals surface area (Å²) in [4.78, 5) is 25.1.